The Kier molecular flexibility index (Phi) is 3.37. The molecule has 2 amide bonds. The molecule has 7 heteroatoms. The molecule has 0 atom stereocenters. The molecule has 0 aromatic carbocycles. The molecular weight excluding hydrogens is 250 g/mol. The molecule has 0 unspecified atom stereocenters. The standard InChI is InChI=1S/C12H13N3O4/c1-6-4-8(7(2)19-6)10(16)15-12-14-9(5-18-12)11(17)13-3/h4-5H,1-3H3,(H,13,17)(H,14,15,16). The first-order chi connectivity index (χ1) is 9.01. The van der Waals surface area contributed by atoms with Crippen LogP contribution in [-0.2, 0) is 0 Å². The summed E-state index contributed by atoms with van der Waals surface area (Å²) >= 11 is 0. The maximum Gasteiger partial charge on any atom is 0.302 e. The fraction of sp³-hybridized carbons (Fsp3) is 0.250. The molecule has 0 aliphatic heterocycles. The fourth-order valence-corrected chi connectivity index (χ4v) is 1.58. The second kappa shape index (κ2) is 4.97. The highest BCUT2D eigenvalue weighted by Gasteiger charge is 2.17. The van der Waals surface area contributed by atoms with E-state index in [1.54, 1.807) is 19.9 Å². The number of carbonyl (C=O) groups is 2. The van der Waals surface area contributed by atoms with Crippen molar-refractivity contribution in [1.82, 2.24) is 10.3 Å². The SMILES string of the molecule is CNC(=O)c1coc(NC(=O)c2cc(C)oc2C)n1. The van der Waals surface area contributed by atoms with Crippen LogP contribution in [0, 0.1) is 13.8 Å². The van der Waals surface area contributed by atoms with Gasteiger partial charge in [0, 0.05) is 7.05 Å². The number of anilines is 1. The molecule has 0 bridgehead atoms. The molecule has 2 N–H and O–H groups in total. The molecule has 2 aromatic heterocycles. The Balaban J connectivity index is 2.13. The Morgan fingerprint density at radius 2 is 2.00 bits per heavy atom. The van der Waals surface area contributed by atoms with E-state index in [2.05, 4.69) is 15.6 Å². The number of hydrogen-bond donors (Lipinski definition) is 2. The summed E-state index contributed by atoms with van der Waals surface area (Å²) in [6.45, 7) is 3.44. The van der Waals surface area contributed by atoms with Gasteiger partial charge in [-0.05, 0) is 19.9 Å². The van der Waals surface area contributed by atoms with Crippen LogP contribution in [0.1, 0.15) is 32.4 Å². The van der Waals surface area contributed by atoms with Gasteiger partial charge in [-0.15, -0.1) is 0 Å². The van der Waals surface area contributed by atoms with Crippen molar-refractivity contribution in [2.75, 3.05) is 12.4 Å². The smallest absolute Gasteiger partial charge is 0.302 e. The highest BCUT2D eigenvalue weighted by atomic mass is 16.4. The topological polar surface area (TPSA) is 97.4 Å². The summed E-state index contributed by atoms with van der Waals surface area (Å²) in [5.74, 6) is 0.355. The Morgan fingerprint density at radius 3 is 2.58 bits per heavy atom. The van der Waals surface area contributed by atoms with Crippen molar-refractivity contribution < 1.29 is 18.4 Å². The number of amides is 2. The van der Waals surface area contributed by atoms with Gasteiger partial charge in [0.15, 0.2) is 5.69 Å². The van der Waals surface area contributed by atoms with Crippen molar-refractivity contribution in [1.29, 1.82) is 0 Å². The van der Waals surface area contributed by atoms with Crippen molar-refractivity contribution in [3.05, 3.63) is 35.1 Å². The van der Waals surface area contributed by atoms with Crippen LogP contribution in [0.5, 0.6) is 0 Å². The number of aryl methyl sites for hydroxylation is 2. The number of nitrogens with zero attached hydrogens (tertiary/aromatic N) is 1. The second-order valence-electron chi connectivity index (χ2n) is 3.90. The maximum absolute atomic E-state index is 11.9. The zero-order valence-electron chi connectivity index (χ0n) is 10.7. The van der Waals surface area contributed by atoms with Crippen LogP contribution in [0.2, 0.25) is 0 Å². The van der Waals surface area contributed by atoms with E-state index in [9.17, 15) is 9.59 Å². The van der Waals surface area contributed by atoms with E-state index < -0.39 is 5.91 Å². The zero-order chi connectivity index (χ0) is 14.0. The molecule has 100 valence electrons. The number of rotatable bonds is 3. The van der Waals surface area contributed by atoms with Crippen molar-refractivity contribution in [3.63, 3.8) is 0 Å². The quantitative estimate of drug-likeness (QED) is 0.874. The average Bonchev–Trinajstić information content (AvgIpc) is 2.95. The van der Waals surface area contributed by atoms with Gasteiger partial charge >= 0.3 is 6.01 Å². The normalized spacial score (nSPS) is 10.3. The van der Waals surface area contributed by atoms with Gasteiger partial charge in [0.05, 0.1) is 5.56 Å². The highest BCUT2D eigenvalue weighted by Crippen LogP contribution is 2.16. The summed E-state index contributed by atoms with van der Waals surface area (Å²) in [5, 5.41) is 4.86. The molecule has 0 radical (unpaired) electrons. The Hall–Kier alpha value is -2.57. The van der Waals surface area contributed by atoms with Crippen molar-refractivity contribution >= 4 is 17.8 Å². The summed E-state index contributed by atoms with van der Waals surface area (Å²) < 4.78 is 10.3. The third-order valence-corrected chi connectivity index (χ3v) is 2.47. The van der Waals surface area contributed by atoms with Crippen LogP contribution in [0.3, 0.4) is 0 Å². The monoisotopic (exact) mass is 263 g/mol. The predicted molar refractivity (Wildman–Crippen MR) is 66.0 cm³/mol. The first-order valence-corrected chi connectivity index (χ1v) is 5.57. The molecule has 0 fully saturated rings. The molecule has 0 aliphatic rings. The van der Waals surface area contributed by atoms with Gasteiger partial charge in [0.2, 0.25) is 0 Å². The number of carbonyl (C=O) groups excluding carboxylic acids is 2. The molecular formula is C12H13N3O4. The van der Waals surface area contributed by atoms with Gasteiger partial charge in [0.1, 0.15) is 17.8 Å². The molecule has 0 saturated heterocycles. The van der Waals surface area contributed by atoms with Gasteiger partial charge in [-0.25, -0.2) is 0 Å². The van der Waals surface area contributed by atoms with Gasteiger partial charge < -0.3 is 14.2 Å². The third-order valence-electron chi connectivity index (χ3n) is 2.47. The molecule has 2 heterocycles. The van der Waals surface area contributed by atoms with Crippen LogP contribution in [0.25, 0.3) is 0 Å². The molecule has 2 aromatic rings. The van der Waals surface area contributed by atoms with E-state index in [0.29, 0.717) is 17.1 Å². The molecule has 2 rings (SSSR count). The lowest BCUT2D eigenvalue weighted by Gasteiger charge is -1.98. The summed E-state index contributed by atoms with van der Waals surface area (Å²) in [7, 11) is 1.48. The number of hydrogen-bond acceptors (Lipinski definition) is 5. The van der Waals surface area contributed by atoms with E-state index in [4.69, 9.17) is 8.83 Å². The number of nitrogens with one attached hydrogen (secondary N) is 2. The van der Waals surface area contributed by atoms with E-state index in [-0.39, 0.29) is 17.6 Å². The number of oxazole rings is 1. The minimum atomic E-state index is -0.403. The molecule has 7 nitrogen and oxygen atoms in total. The van der Waals surface area contributed by atoms with E-state index in [1.165, 1.54) is 13.3 Å². The lowest BCUT2D eigenvalue weighted by atomic mass is 10.2. The van der Waals surface area contributed by atoms with Crippen LogP contribution in [-0.4, -0.2) is 23.8 Å². The van der Waals surface area contributed by atoms with Gasteiger partial charge in [0.25, 0.3) is 11.8 Å². The van der Waals surface area contributed by atoms with E-state index in [1.807, 2.05) is 0 Å². The molecule has 19 heavy (non-hydrogen) atoms. The second-order valence-corrected chi connectivity index (χ2v) is 3.90. The van der Waals surface area contributed by atoms with Crippen molar-refractivity contribution in [3.8, 4) is 0 Å². The summed E-state index contributed by atoms with van der Waals surface area (Å²) in [6.07, 6.45) is 1.17. The van der Waals surface area contributed by atoms with Crippen molar-refractivity contribution in [2.45, 2.75) is 13.8 Å². The summed E-state index contributed by atoms with van der Waals surface area (Å²) in [4.78, 5) is 27.0. The number of furan rings is 1. The molecule has 0 spiro atoms. The zero-order valence-corrected chi connectivity index (χ0v) is 10.7. The first-order valence-electron chi connectivity index (χ1n) is 5.57. The lowest BCUT2D eigenvalue weighted by Crippen LogP contribution is -2.18. The minimum Gasteiger partial charge on any atom is -0.466 e. The van der Waals surface area contributed by atoms with Crippen LogP contribution in [0.15, 0.2) is 21.2 Å². The van der Waals surface area contributed by atoms with E-state index in [0.717, 1.165) is 0 Å². The molecule has 0 saturated carbocycles. The minimum absolute atomic E-state index is 0.0400. The first kappa shape index (κ1) is 12.9. The van der Waals surface area contributed by atoms with Gasteiger partial charge in [-0.3, -0.25) is 14.9 Å². The Bertz CT molecular complexity index is 627. The fourth-order valence-electron chi connectivity index (χ4n) is 1.58. The summed E-state index contributed by atoms with van der Waals surface area (Å²) in [6, 6.07) is 1.58. The largest absolute Gasteiger partial charge is 0.466 e. The van der Waals surface area contributed by atoms with Crippen LogP contribution < -0.4 is 10.6 Å². The lowest BCUT2D eigenvalue weighted by molar-refractivity contribution is 0.0956. The van der Waals surface area contributed by atoms with Gasteiger partial charge in [-0.1, -0.05) is 0 Å². The average molecular weight is 263 g/mol. The number of aromatic nitrogens is 1. The van der Waals surface area contributed by atoms with Crippen LogP contribution in [0.4, 0.5) is 6.01 Å². The van der Waals surface area contributed by atoms with E-state index >= 15 is 0 Å². The van der Waals surface area contributed by atoms with Gasteiger partial charge in [-0.2, -0.15) is 4.98 Å². The van der Waals surface area contributed by atoms with Crippen molar-refractivity contribution in [2.24, 2.45) is 0 Å². The highest BCUT2D eigenvalue weighted by molar-refractivity contribution is 6.04. The third kappa shape index (κ3) is 2.65. The Morgan fingerprint density at radius 1 is 1.26 bits per heavy atom. The predicted octanol–water partition coefficient (Wildman–Crippen LogP) is 1.50. The van der Waals surface area contributed by atoms with Crippen LogP contribution >= 0.6 is 0 Å². The maximum atomic E-state index is 11.9. The molecule has 0 aliphatic carbocycles. The summed E-state index contributed by atoms with van der Waals surface area (Å²) in [5.41, 5.74) is 0.495. The Labute approximate surface area is 109 Å².